The Labute approximate surface area is 123 Å². The highest BCUT2D eigenvalue weighted by atomic mass is 16.5. The van der Waals surface area contributed by atoms with E-state index in [4.69, 9.17) is 9.15 Å². The van der Waals surface area contributed by atoms with Crippen LogP contribution < -0.4 is 5.32 Å². The van der Waals surface area contributed by atoms with Crippen molar-refractivity contribution < 1.29 is 9.15 Å². The molecule has 2 aromatic rings. The lowest BCUT2D eigenvalue weighted by atomic mass is 10.2. The van der Waals surface area contributed by atoms with Crippen molar-refractivity contribution in [3.8, 4) is 0 Å². The van der Waals surface area contributed by atoms with E-state index in [1.807, 2.05) is 13.8 Å². The fraction of sp³-hybridized carbons (Fsp3) is 0.643. The maximum absolute atomic E-state index is 5.85. The summed E-state index contributed by atoms with van der Waals surface area (Å²) < 4.78 is 11.3. The molecule has 0 aromatic carbocycles. The minimum atomic E-state index is 0.160. The van der Waals surface area contributed by atoms with Crippen molar-refractivity contribution in [1.82, 2.24) is 19.9 Å². The lowest BCUT2D eigenvalue weighted by Crippen LogP contribution is -2.34. The first-order valence-corrected chi connectivity index (χ1v) is 7.39. The molecule has 1 N–H and O–H groups in total. The number of hydrogen-bond acceptors (Lipinski definition) is 7. The third kappa shape index (κ3) is 2.84. The summed E-state index contributed by atoms with van der Waals surface area (Å²) in [5.41, 5.74) is 1.20. The normalized spacial score (nSPS) is 23.0. The number of aromatic nitrogens is 3. The largest absolute Gasteiger partial charge is 0.422 e. The van der Waals surface area contributed by atoms with Crippen molar-refractivity contribution in [2.24, 2.45) is 0 Å². The molecule has 1 aliphatic heterocycles. The zero-order chi connectivity index (χ0) is 14.8. The van der Waals surface area contributed by atoms with Gasteiger partial charge in [0.15, 0.2) is 17.2 Å². The number of hydrogen-bond donors (Lipinski definition) is 1. The minimum Gasteiger partial charge on any atom is -0.422 e. The van der Waals surface area contributed by atoms with E-state index in [9.17, 15) is 0 Å². The van der Waals surface area contributed by atoms with Crippen LogP contribution in [0, 0.1) is 6.92 Å². The summed E-state index contributed by atoms with van der Waals surface area (Å²) in [7, 11) is 0. The molecule has 3 rings (SSSR count). The van der Waals surface area contributed by atoms with Gasteiger partial charge in [-0.3, -0.25) is 4.90 Å². The highest BCUT2D eigenvalue weighted by Crippen LogP contribution is 2.23. The number of likely N-dealkylation sites (N-methyl/N-ethyl adjacent to an activating group) is 1. The molecule has 0 bridgehead atoms. The quantitative estimate of drug-likeness (QED) is 0.893. The van der Waals surface area contributed by atoms with Gasteiger partial charge in [0.05, 0.1) is 12.1 Å². The standard InChI is InChI=1S/C14H21N5O2/c1-4-19-6-10(11(7-19)20-5-2)18-13-12-14(16-8-15-13)21-9(3)17-12/h8,10-11H,4-7H2,1-3H3,(H,15,16,18)/t10-,11-/m1/s1. The molecule has 7 nitrogen and oxygen atoms in total. The van der Waals surface area contributed by atoms with Gasteiger partial charge in [-0.2, -0.15) is 4.98 Å². The Morgan fingerprint density at radius 2 is 2.24 bits per heavy atom. The zero-order valence-corrected chi connectivity index (χ0v) is 12.7. The highest BCUT2D eigenvalue weighted by Gasteiger charge is 2.33. The average molecular weight is 291 g/mol. The molecule has 2 atom stereocenters. The SMILES string of the molecule is CCO[C@@H]1CN(CC)C[C@H]1Nc1ncnc2oc(C)nc12. The molecule has 0 aliphatic carbocycles. The van der Waals surface area contributed by atoms with Gasteiger partial charge in [0.25, 0.3) is 5.71 Å². The number of oxazole rings is 1. The Balaban J connectivity index is 1.83. The highest BCUT2D eigenvalue weighted by molar-refractivity contribution is 5.81. The van der Waals surface area contributed by atoms with E-state index in [0.717, 1.165) is 19.6 Å². The first-order valence-electron chi connectivity index (χ1n) is 7.39. The van der Waals surface area contributed by atoms with Gasteiger partial charge in [-0.15, -0.1) is 0 Å². The zero-order valence-electron chi connectivity index (χ0n) is 12.7. The second kappa shape index (κ2) is 5.95. The Kier molecular flexibility index (Phi) is 4.03. The van der Waals surface area contributed by atoms with Crippen molar-refractivity contribution in [3.63, 3.8) is 0 Å². The molecule has 21 heavy (non-hydrogen) atoms. The van der Waals surface area contributed by atoms with Gasteiger partial charge in [0.2, 0.25) is 0 Å². The van der Waals surface area contributed by atoms with Crippen LogP contribution >= 0.6 is 0 Å². The maximum atomic E-state index is 5.85. The summed E-state index contributed by atoms with van der Waals surface area (Å²) in [6, 6.07) is 0.194. The Bertz CT molecular complexity index is 614. The minimum absolute atomic E-state index is 0.160. The van der Waals surface area contributed by atoms with E-state index in [1.54, 1.807) is 0 Å². The molecule has 3 heterocycles. The number of nitrogens with zero attached hydrogens (tertiary/aromatic N) is 4. The van der Waals surface area contributed by atoms with Crippen LogP contribution in [0.4, 0.5) is 5.82 Å². The summed E-state index contributed by atoms with van der Waals surface area (Å²) in [6.07, 6.45) is 1.66. The van der Waals surface area contributed by atoms with Crippen LogP contribution in [0.1, 0.15) is 19.7 Å². The van der Waals surface area contributed by atoms with Gasteiger partial charge in [-0.1, -0.05) is 6.92 Å². The van der Waals surface area contributed by atoms with Crippen LogP contribution in [-0.4, -0.2) is 58.2 Å². The molecule has 0 radical (unpaired) electrons. The first kappa shape index (κ1) is 14.2. The van der Waals surface area contributed by atoms with E-state index in [2.05, 4.69) is 32.1 Å². The van der Waals surface area contributed by atoms with Crippen LogP contribution in [0.25, 0.3) is 11.2 Å². The molecule has 0 amide bonds. The van der Waals surface area contributed by atoms with Gasteiger partial charge in [-0.05, 0) is 13.5 Å². The van der Waals surface area contributed by atoms with E-state index < -0.39 is 0 Å². The molecule has 0 unspecified atom stereocenters. The summed E-state index contributed by atoms with van der Waals surface area (Å²) in [5, 5.41) is 3.46. The summed E-state index contributed by atoms with van der Waals surface area (Å²) in [6.45, 7) is 9.60. The van der Waals surface area contributed by atoms with Crippen molar-refractivity contribution >= 4 is 17.0 Å². The van der Waals surface area contributed by atoms with E-state index in [1.165, 1.54) is 6.33 Å². The van der Waals surface area contributed by atoms with Gasteiger partial charge in [-0.25, -0.2) is 9.97 Å². The number of ether oxygens (including phenoxy) is 1. The number of fused-ring (bicyclic) bond motifs is 1. The molecule has 2 aromatic heterocycles. The lowest BCUT2D eigenvalue weighted by Gasteiger charge is -2.20. The van der Waals surface area contributed by atoms with Crippen molar-refractivity contribution in [1.29, 1.82) is 0 Å². The van der Waals surface area contributed by atoms with Crippen molar-refractivity contribution in [3.05, 3.63) is 12.2 Å². The molecule has 1 fully saturated rings. The number of likely N-dealkylation sites (tertiary alicyclic amines) is 1. The van der Waals surface area contributed by atoms with Gasteiger partial charge >= 0.3 is 0 Å². The lowest BCUT2D eigenvalue weighted by molar-refractivity contribution is 0.0639. The average Bonchev–Trinajstić information content (AvgIpc) is 3.03. The molecule has 114 valence electrons. The monoisotopic (exact) mass is 291 g/mol. The number of rotatable bonds is 5. The predicted molar refractivity (Wildman–Crippen MR) is 79.3 cm³/mol. The fourth-order valence-electron chi connectivity index (χ4n) is 2.77. The fourth-order valence-corrected chi connectivity index (χ4v) is 2.77. The molecule has 7 heteroatoms. The van der Waals surface area contributed by atoms with Crippen LogP contribution in [0.3, 0.4) is 0 Å². The first-order chi connectivity index (χ1) is 10.2. The number of nitrogens with one attached hydrogen (secondary N) is 1. The summed E-state index contributed by atoms with van der Waals surface area (Å²) in [5.74, 6) is 1.31. The molecule has 0 saturated carbocycles. The molecule has 0 spiro atoms. The second-order valence-electron chi connectivity index (χ2n) is 5.21. The van der Waals surface area contributed by atoms with Gasteiger partial charge < -0.3 is 14.5 Å². The molecule has 1 saturated heterocycles. The molecule has 1 aliphatic rings. The summed E-state index contributed by atoms with van der Waals surface area (Å²) in [4.78, 5) is 15.1. The van der Waals surface area contributed by atoms with E-state index in [0.29, 0.717) is 29.5 Å². The van der Waals surface area contributed by atoms with Crippen LogP contribution in [0.2, 0.25) is 0 Å². The number of anilines is 1. The van der Waals surface area contributed by atoms with Gasteiger partial charge in [0, 0.05) is 26.6 Å². The third-order valence-corrected chi connectivity index (χ3v) is 3.79. The topological polar surface area (TPSA) is 76.3 Å². The molecular formula is C14H21N5O2. The third-order valence-electron chi connectivity index (χ3n) is 3.79. The Hall–Kier alpha value is -1.73. The van der Waals surface area contributed by atoms with Crippen LogP contribution in [-0.2, 0) is 4.74 Å². The van der Waals surface area contributed by atoms with Gasteiger partial charge in [0.1, 0.15) is 6.33 Å². The van der Waals surface area contributed by atoms with Crippen molar-refractivity contribution in [2.75, 3.05) is 31.6 Å². The molecular weight excluding hydrogens is 270 g/mol. The Morgan fingerprint density at radius 1 is 1.38 bits per heavy atom. The van der Waals surface area contributed by atoms with Crippen molar-refractivity contribution in [2.45, 2.75) is 32.9 Å². The van der Waals surface area contributed by atoms with E-state index >= 15 is 0 Å². The maximum Gasteiger partial charge on any atom is 0.252 e. The van der Waals surface area contributed by atoms with Crippen LogP contribution in [0.15, 0.2) is 10.7 Å². The smallest absolute Gasteiger partial charge is 0.252 e. The number of aryl methyl sites for hydroxylation is 1. The predicted octanol–water partition coefficient (Wildman–Crippen LogP) is 1.45. The Morgan fingerprint density at radius 3 is 3.00 bits per heavy atom. The van der Waals surface area contributed by atoms with E-state index in [-0.39, 0.29) is 12.1 Å². The second-order valence-corrected chi connectivity index (χ2v) is 5.21. The van der Waals surface area contributed by atoms with Crippen LogP contribution in [0.5, 0.6) is 0 Å². The summed E-state index contributed by atoms with van der Waals surface area (Å²) >= 11 is 0.